The summed E-state index contributed by atoms with van der Waals surface area (Å²) in [6.45, 7) is 4.35. The summed E-state index contributed by atoms with van der Waals surface area (Å²) in [6.07, 6.45) is 1.76. The maximum absolute atomic E-state index is 5.49. The van der Waals surface area contributed by atoms with Gasteiger partial charge in [-0.25, -0.2) is 0 Å². The molecule has 0 N–H and O–H groups in total. The Morgan fingerprint density at radius 1 is 1.60 bits per heavy atom. The number of halogens is 2. The van der Waals surface area contributed by atoms with Gasteiger partial charge in [-0.2, -0.15) is 0 Å². The molecule has 0 spiro atoms. The lowest BCUT2D eigenvalue weighted by atomic mass is 10.4. The lowest BCUT2D eigenvalue weighted by Gasteiger charge is -2.00. The van der Waals surface area contributed by atoms with E-state index >= 15 is 0 Å². The molecule has 0 aliphatic carbocycles. The lowest BCUT2D eigenvalue weighted by Crippen LogP contribution is -1.99. The molecule has 10 heavy (non-hydrogen) atoms. The molecule has 0 saturated heterocycles. The summed E-state index contributed by atoms with van der Waals surface area (Å²) in [5.41, 5.74) is 1.86. The van der Waals surface area contributed by atoms with E-state index in [4.69, 9.17) is 27.6 Å². The van der Waals surface area contributed by atoms with Gasteiger partial charge in [0.25, 0.3) is 0 Å². The number of hydrogen-bond acceptors (Lipinski definition) is 1. The van der Waals surface area contributed by atoms with E-state index in [0.717, 1.165) is 19.4 Å². The van der Waals surface area contributed by atoms with Crippen LogP contribution in [0.4, 0.5) is 0 Å². The lowest BCUT2D eigenvalue weighted by molar-refractivity contribution is 0.330. The average molecular weight is 199 g/mol. The molecule has 0 unspecified atom stereocenters. The highest BCUT2D eigenvalue weighted by molar-refractivity contribution is 6.44. The zero-order chi connectivity index (χ0) is 7.82. The SMILES string of the molecule is C=C[SiH2]OCCCC(Cl)Cl. The van der Waals surface area contributed by atoms with Crippen molar-refractivity contribution in [3.05, 3.63) is 12.3 Å². The summed E-state index contributed by atoms with van der Waals surface area (Å²) in [6, 6.07) is 0. The molecule has 4 heteroatoms. The van der Waals surface area contributed by atoms with Gasteiger partial charge in [-0.1, -0.05) is 5.70 Å². The van der Waals surface area contributed by atoms with Crippen molar-refractivity contribution in [3.8, 4) is 0 Å². The second-order valence-corrected chi connectivity index (χ2v) is 4.49. The topological polar surface area (TPSA) is 9.23 Å². The van der Waals surface area contributed by atoms with Crippen LogP contribution >= 0.6 is 23.2 Å². The van der Waals surface area contributed by atoms with E-state index in [1.165, 1.54) is 0 Å². The minimum absolute atomic E-state index is 0.242. The Morgan fingerprint density at radius 3 is 2.80 bits per heavy atom. The second kappa shape index (κ2) is 7.60. The highest BCUT2D eigenvalue weighted by atomic mass is 35.5. The molecular weight excluding hydrogens is 187 g/mol. The van der Waals surface area contributed by atoms with Crippen molar-refractivity contribution in [3.63, 3.8) is 0 Å². The van der Waals surface area contributed by atoms with Gasteiger partial charge in [-0.05, 0) is 12.8 Å². The van der Waals surface area contributed by atoms with Gasteiger partial charge in [0.1, 0.15) is 4.84 Å². The molecule has 0 aliphatic heterocycles. The van der Waals surface area contributed by atoms with E-state index in [1.807, 2.05) is 5.70 Å². The minimum atomic E-state index is -0.445. The summed E-state index contributed by atoms with van der Waals surface area (Å²) in [5, 5.41) is 0. The maximum atomic E-state index is 5.49. The molecule has 0 aromatic rings. The number of alkyl halides is 2. The number of hydrogen-bond donors (Lipinski definition) is 0. The van der Waals surface area contributed by atoms with Gasteiger partial charge < -0.3 is 4.43 Å². The van der Waals surface area contributed by atoms with E-state index < -0.39 is 9.76 Å². The van der Waals surface area contributed by atoms with Crippen LogP contribution in [0.2, 0.25) is 0 Å². The van der Waals surface area contributed by atoms with Crippen molar-refractivity contribution < 1.29 is 4.43 Å². The normalized spacial score (nSPS) is 11.5. The van der Waals surface area contributed by atoms with Crippen molar-refractivity contribution in [1.82, 2.24) is 0 Å². The first-order valence-electron chi connectivity index (χ1n) is 3.24. The summed E-state index contributed by atoms with van der Waals surface area (Å²) < 4.78 is 5.24. The molecule has 1 nitrogen and oxygen atoms in total. The molecule has 0 aromatic heterocycles. The number of rotatable bonds is 6. The fraction of sp³-hybridized carbons (Fsp3) is 0.667. The van der Waals surface area contributed by atoms with Crippen LogP contribution in [0.5, 0.6) is 0 Å². The Bertz CT molecular complexity index is 87.8. The maximum Gasteiger partial charge on any atom is 0.184 e. The van der Waals surface area contributed by atoms with Crippen molar-refractivity contribution >= 4 is 33.0 Å². The Kier molecular flexibility index (Phi) is 7.98. The van der Waals surface area contributed by atoms with E-state index in [2.05, 4.69) is 6.58 Å². The molecule has 0 saturated carbocycles. The summed E-state index contributed by atoms with van der Waals surface area (Å²) in [4.78, 5) is -0.242. The summed E-state index contributed by atoms with van der Waals surface area (Å²) in [7, 11) is -0.445. The Labute approximate surface area is 74.3 Å². The van der Waals surface area contributed by atoms with Gasteiger partial charge in [0, 0.05) is 6.61 Å². The highest BCUT2D eigenvalue weighted by Crippen LogP contribution is 2.08. The van der Waals surface area contributed by atoms with Crippen LogP contribution in [-0.2, 0) is 4.43 Å². The molecule has 0 rings (SSSR count). The zero-order valence-corrected chi connectivity index (χ0v) is 8.78. The second-order valence-electron chi connectivity index (χ2n) is 1.90. The predicted molar refractivity (Wildman–Crippen MR) is 49.4 cm³/mol. The third-order valence-corrected chi connectivity index (χ3v) is 2.14. The summed E-state index contributed by atoms with van der Waals surface area (Å²) >= 11 is 11.0. The van der Waals surface area contributed by atoms with Gasteiger partial charge in [-0.15, -0.1) is 29.8 Å². The molecule has 60 valence electrons. The van der Waals surface area contributed by atoms with Gasteiger partial charge in [0.15, 0.2) is 9.76 Å². The summed E-state index contributed by atoms with van der Waals surface area (Å²) in [5.74, 6) is 0. The van der Waals surface area contributed by atoms with Gasteiger partial charge in [-0.3, -0.25) is 0 Å². The van der Waals surface area contributed by atoms with Crippen LogP contribution in [0.1, 0.15) is 12.8 Å². The smallest absolute Gasteiger partial charge is 0.184 e. The standard InChI is InChI=1S/C6H12Cl2OSi/c1-2-10-9-5-3-4-6(7)8/h2,6H,1,3-5,10H2. The van der Waals surface area contributed by atoms with Crippen LogP contribution in [0.3, 0.4) is 0 Å². The highest BCUT2D eigenvalue weighted by Gasteiger charge is 1.96. The minimum Gasteiger partial charge on any atom is -0.419 e. The monoisotopic (exact) mass is 198 g/mol. The van der Waals surface area contributed by atoms with Crippen LogP contribution in [0, 0.1) is 0 Å². The molecule has 0 fully saturated rings. The van der Waals surface area contributed by atoms with Gasteiger partial charge in [0.2, 0.25) is 0 Å². The molecule has 0 aromatic carbocycles. The third-order valence-electron chi connectivity index (χ3n) is 0.947. The van der Waals surface area contributed by atoms with E-state index in [9.17, 15) is 0 Å². The first-order chi connectivity index (χ1) is 4.77. The molecular formula is C6H12Cl2OSi. The zero-order valence-electron chi connectivity index (χ0n) is 5.85. The average Bonchev–Trinajstić information content (AvgIpc) is 1.87. The van der Waals surface area contributed by atoms with E-state index in [-0.39, 0.29) is 4.84 Å². The largest absolute Gasteiger partial charge is 0.419 e. The van der Waals surface area contributed by atoms with Crippen molar-refractivity contribution in [2.45, 2.75) is 17.7 Å². The Morgan fingerprint density at radius 2 is 2.30 bits per heavy atom. The van der Waals surface area contributed by atoms with Crippen molar-refractivity contribution in [1.29, 1.82) is 0 Å². The van der Waals surface area contributed by atoms with Crippen molar-refractivity contribution in [2.24, 2.45) is 0 Å². The first-order valence-corrected chi connectivity index (χ1v) is 5.51. The first kappa shape index (κ1) is 10.5. The van der Waals surface area contributed by atoms with Crippen molar-refractivity contribution in [2.75, 3.05) is 6.61 Å². The fourth-order valence-electron chi connectivity index (χ4n) is 0.506. The molecule has 0 aliphatic rings. The predicted octanol–water partition coefficient (Wildman–Crippen LogP) is 1.81. The van der Waals surface area contributed by atoms with E-state index in [0.29, 0.717) is 0 Å². The van der Waals surface area contributed by atoms with Crippen LogP contribution in [-0.4, -0.2) is 21.2 Å². The molecule has 0 heterocycles. The van der Waals surface area contributed by atoms with Crippen LogP contribution < -0.4 is 0 Å². The van der Waals surface area contributed by atoms with Gasteiger partial charge >= 0.3 is 0 Å². The Balaban J connectivity index is 2.83. The molecule has 0 amide bonds. The van der Waals surface area contributed by atoms with Crippen LogP contribution in [0.15, 0.2) is 12.3 Å². The van der Waals surface area contributed by atoms with Crippen LogP contribution in [0.25, 0.3) is 0 Å². The molecule has 0 atom stereocenters. The fourth-order valence-corrected chi connectivity index (χ4v) is 1.35. The molecule has 0 bridgehead atoms. The van der Waals surface area contributed by atoms with Gasteiger partial charge in [0.05, 0.1) is 0 Å². The Hall–Kier alpha value is 0.497. The quantitative estimate of drug-likeness (QED) is 0.360. The van der Waals surface area contributed by atoms with E-state index in [1.54, 1.807) is 0 Å². The molecule has 0 radical (unpaired) electrons. The third kappa shape index (κ3) is 8.50.